The smallest absolute Gasteiger partial charge is 0.465 e. The second kappa shape index (κ2) is 13.4. The van der Waals surface area contributed by atoms with Crippen LogP contribution in [0.4, 0.5) is 13.2 Å². The van der Waals surface area contributed by atoms with Crippen molar-refractivity contribution >= 4 is 69.5 Å². The maximum atomic E-state index is 12.6. The first-order valence-corrected chi connectivity index (χ1v) is 15.2. The molecule has 244 valence electrons. The van der Waals surface area contributed by atoms with E-state index >= 15 is 0 Å². The number of hydrogen-bond donors (Lipinski definition) is 0. The van der Waals surface area contributed by atoms with Crippen LogP contribution in [0.1, 0.15) is 38.8 Å². The number of alkyl halides is 3. The molecule has 0 radical (unpaired) electrons. The molecule has 0 aliphatic carbocycles. The van der Waals surface area contributed by atoms with Gasteiger partial charge in [-0.3, -0.25) is 0 Å². The van der Waals surface area contributed by atoms with E-state index < -0.39 is 18.9 Å². The Morgan fingerprint density at radius 1 is 0.702 bits per heavy atom. The van der Waals surface area contributed by atoms with Crippen molar-refractivity contribution in [1.82, 2.24) is 19.9 Å². The van der Waals surface area contributed by atoms with E-state index in [1.54, 1.807) is 12.1 Å². The molecule has 0 spiro atoms. The topological polar surface area (TPSA) is 96.3 Å². The highest BCUT2D eigenvalue weighted by Crippen LogP contribution is 2.37. The van der Waals surface area contributed by atoms with Crippen molar-refractivity contribution in [2.75, 3.05) is 0 Å². The summed E-state index contributed by atoms with van der Waals surface area (Å²) in [5, 5.41) is 2.39. The Hall–Kier alpha value is -3.68. The number of nitrogens with zero attached hydrogens (tertiary/aromatic N) is 4. The minimum atomic E-state index is -4.41. The predicted molar refractivity (Wildman–Crippen MR) is 176 cm³/mol. The lowest BCUT2D eigenvalue weighted by Gasteiger charge is -2.32. The molecule has 0 atom stereocenters. The second-order valence-electron chi connectivity index (χ2n) is 11.5. The molecule has 8 nitrogen and oxygen atoms in total. The highest BCUT2D eigenvalue weighted by molar-refractivity contribution is 6.61. The van der Waals surface area contributed by atoms with Crippen molar-refractivity contribution < 1.29 is 31.3 Å². The van der Waals surface area contributed by atoms with E-state index in [2.05, 4.69) is 39.0 Å². The van der Waals surface area contributed by atoms with E-state index in [-0.39, 0.29) is 38.8 Å². The van der Waals surface area contributed by atoms with Gasteiger partial charge in [0.15, 0.2) is 11.6 Å². The van der Waals surface area contributed by atoms with Crippen LogP contribution in [0.25, 0.3) is 33.5 Å². The molecule has 0 bridgehead atoms. The zero-order valence-electron chi connectivity index (χ0n) is 25.7. The van der Waals surface area contributed by atoms with Gasteiger partial charge in [0.2, 0.25) is 5.28 Å². The van der Waals surface area contributed by atoms with Crippen LogP contribution < -0.4 is 5.66 Å². The van der Waals surface area contributed by atoms with Crippen LogP contribution >= 0.6 is 34.8 Å². The normalized spacial score (nSPS) is 15.3. The van der Waals surface area contributed by atoms with Gasteiger partial charge in [-0.25, -0.2) is 19.9 Å². The van der Waals surface area contributed by atoms with Crippen LogP contribution in [0.5, 0.6) is 0 Å². The molecule has 0 unspecified atom stereocenters. The Labute approximate surface area is 283 Å². The minimum Gasteiger partial charge on any atom is -0.465 e. The van der Waals surface area contributed by atoms with E-state index in [1.807, 2.05) is 39.8 Å². The first-order valence-electron chi connectivity index (χ1n) is 14.1. The summed E-state index contributed by atoms with van der Waals surface area (Å²) in [5.41, 5.74) is 1.47. The molecule has 7 rings (SSSR count). The predicted octanol–water partition coefficient (Wildman–Crippen LogP) is 9.39. The molecule has 0 saturated carbocycles. The fourth-order valence-corrected chi connectivity index (χ4v) is 4.79. The summed E-state index contributed by atoms with van der Waals surface area (Å²) < 4.78 is 61.1. The van der Waals surface area contributed by atoms with Gasteiger partial charge in [0, 0.05) is 23.2 Å². The summed E-state index contributed by atoms with van der Waals surface area (Å²) in [6, 6.07) is 16.1. The Balaban J connectivity index is 0.000000150. The third-order valence-corrected chi connectivity index (χ3v) is 8.06. The van der Waals surface area contributed by atoms with Crippen LogP contribution in [-0.4, -0.2) is 38.3 Å². The van der Waals surface area contributed by atoms with Crippen molar-refractivity contribution in [2.24, 2.45) is 0 Å². The number of aromatic nitrogens is 4. The molecule has 1 aliphatic rings. The lowest BCUT2D eigenvalue weighted by atomic mass is 9.86. The maximum Gasteiger partial charge on any atom is 0.532 e. The van der Waals surface area contributed by atoms with E-state index in [4.69, 9.17) is 52.9 Å². The van der Waals surface area contributed by atoms with Crippen molar-refractivity contribution in [2.45, 2.75) is 52.0 Å². The Kier molecular flexibility index (Phi) is 9.91. The third-order valence-electron chi connectivity index (χ3n) is 7.46. The van der Waals surface area contributed by atoms with E-state index in [0.717, 1.165) is 28.8 Å². The van der Waals surface area contributed by atoms with E-state index in [0.29, 0.717) is 10.5 Å². The number of aryl methyl sites for hydroxylation is 1. The Morgan fingerprint density at radius 3 is 1.89 bits per heavy atom. The van der Waals surface area contributed by atoms with Gasteiger partial charge in [-0.1, -0.05) is 41.4 Å². The fraction of sp³-hybridized carbons (Fsp3) is 0.250. The molecule has 6 aromatic rings. The van der Waals surface area contributed by atoms with Gasteiger partial charge in [-0.2, -0.15) is 13.2 Å². The molecule has 2 aromatic carbocycles. The van der Waals surface area contributed by atoms with Gasteiger partial charge in [-0.05, 0) is 94.2 Å². The molecule has 5 heterocycles. The summed E-state index contributed by atoms with van der Waals surface area (Å²) in [7, 11) is -0.433. The zero-order chi connectivity index (χ0) is 34.1. The molecule has 1 fully saturated rings. The van der Waals surface area contributed by atoms with Crippen LogP contribution in [0.2, 0.25) is 15.6 Å². The second-order valence-corrected chi connectivity index (χ2v) is 12.6. The molecular weight excluding hydrogens is 679 g/mol. The molecule has 1 saturated heterocycles. The summed E-state index contributed by atoms with van der Waals surface area (Å²) >= 11 is 16.5. The van der Waals surface area contributed by atoms with Crippen molar-refractivity contribution in [3.05, 3.63) is 99.8 Å². The quantitative estimate of drug-likeness (QED) is 0.0999. The highest BCUT2D eigenvalue weighted by atomic mass is 35.5. The number of furan rings is 2. The summed E-state index contributed by atoms with van der Waals surface area (Å²) in [6.07, 6.45) is -1.47. The number of rotatable bonds is 2. The lowest BCUT2D eigenvalue weighted by Crippen LogP contribution is -2.41. The van der Waals surface area contributed by atoms with Gasteiger partial charge in [0.05, 0.1) is 16.8 Å². The van der Waals surface area contributed by atoms with E-state index in [1.165, 1.54) is 30.1 Å². The molecule has 0 N–H and O–H groups in total. The van der Waals surface area contributed by atoms with Crippen LogP contribution in [-0.2, 0) is 15.5 Å². The standard InChI is InChI=1S/C15H19BO3.C13H6ClF3N2O.C4H2Cl2N2/c1-10-6-7-11-9-13(17-12(11)8-10)16-18-14(2,3)15(4,5)19-16;14-11-3-4-18-12(19-11)10-5-7-1-2-8(13(15,16)17)6-9(7)20-10;5-3-1-2-7-4(6)8-3/h6-9H,1-5H3;1-6H;1-2H. The zero-order valence-corrected chi connectivity index (χ0v) is 28.0. The maximum absolute atomic E-state index is 12.6. The fourth-order valence-electron chi connectivity index (χ4n) is 4.32. The lowest BCUT2D eigenvalue weighted by molar-refractivity contribution is -0.137. The highest BCUT2D eigenvalue weighted by Gasteiger charge is 2.53. The Bertz CT molecular complexity index is 2000. The number of fused-ring (bicyclic) bond motifs is 2. The average molecular weight is 706 g/mol. The first kappa shape index (κ1) is 34.7. The summed E-state index contributed by atoms with van der Waals surface area (Å²) in [5.74, 6) is 0.490. The summed E-state index contributed by atoms with van der Waals surface area (Å²) in [6.45, 7) is 10.2. The minimum absolute atomic E-state index is 0.124. The molecule has 1 aliphatic heterocycles. The van der Waals surface area contributed by atoms with Gasteiger partial charge in [0.1, 0.15) is 27.1 Å². The molecule has 4 aromatic heterocycles. The third kappa shape index (κ3) is 8.25. The van der Waals surface area contributed by atoms with Gasteiger partial charge in [0.25, 0.3) is 0 Å². The van der Waals surface area contributed by atoms with Gasteiger partial charge in [-0.15, -0.1) is 0 Å². The summed E-state index contributed by atoms with van der Waals surface area (Å²) in [4.78, 5) is 15.1. The van der Waals surface area contributed by atoms with Gasteiger partial charge < -0.3 is 18.1 Å². The first-order chi connectivity index (χ1) is 22.0. The van der Waals surface area contributed by atoms with Crippen LogP contribution in [0.15, 0.2) is 81.9 Å². The Morgan fingerprint density at radius 2 is 1.30 bits per heavy atom. The SMILES string of the molecule is Cc1ccc2cc(B3OC(C)(C)C(C)(C)O3)oc2c1.Clc1ccnc(Cl)n1.FC(F)(F)c1ccc2cc(-c3nccc(Cl)n3)oc2c1. The van der Waals surface area contributed by atoms with Crippen LogP contribution in [0, 0.1) is 6.92 Å². The largest absolute Gasteiger partial charge is 0.532 e. The van der Waals surface area contributed by atoms with Gasteiger partial charge >= 0.3 is 13.3 Å². The van der Waals surface area contributed by atoms with Crippen molar-refractivity contribution in [1.29, 1.82) is 0 Å². The average Bonchev–Trinajstić information content (AvgIpc) is 3.66. The molecule has 0 amide bonds. The van der Waals surface area contributed by atoms with Crippen molar-refractivity contribution in [3.63, 3.8) is 0 Å². The number of benzene rings is 2. The van der Waals surface area contributed by atoms with Crippen LogP contribution in [0.3, 0.4) is 0 Å². The van der Waals surface area contributed by atoms with Crippen molar-refractivity contribution in [3.8, 4) is 11.6 Å². The monoisotopic (exact) mass is 704 g/mol. The molecule has 47 heavy (non-hydrogen) atoms. The molecule has 15 heteroatoms. The number of hydrogen-bond acceptors (Lipinski definition) is 8. The number of halogens is 6. The molecular formula is C32H27BCl3F3N4O4. The van der Waals surface area contributed by atoms with E-state index in [9.17, 15) is 13.2 Å².